The summed E-state index contributed by atoms with van der Waals surface area (Å²) in [5, 5.41) is 1.01. The van der Waals surface area contributed by atoms with Crippen molar-refractivity contribution in [2.24, 2.45) is 0 Å². The highest BCUT2D eigenvalue weighted by atomic mass is 32.1. The SMILES string of the molecule is CCCN1CCN(c2nc(C(C)(C)C)c(C=O)s2)CC1. The molecule has 1 aromatic rings. The van der Waals surface area contributed by atoms with Crippen molar-refractivity contribution in [3.63, 3.8) is 0 Å². The van der Waals surface area contributed by atoms with Gasteiger partial charge in [0, 0.05) is 31.6 Å². The molecular weight excluding hydrogens is 270 g/mol. The Morgan fingerprint density at radius 3 is 2.35 bits per heavy atom. The number of aldehydes is 1. The molecule has 1 fully saturated rings. The van der Waals surface area contributed by atoms with Crippen LogP contribution in [0, 0.1) is 0 Å². The molecule has 0 atom stereocenters. The van der Waals surface area contributed by atoms with Crippen LogP contribution in [-0.4, -0.2) is 48.9 Å². The number of nitrogens with zero attached hydrogens (tertiary/aromatic N) is 3. The quantitative estimate of drug-likeness (QED) is 0.800. The van der Waals surface area contributed by atoms with Crippen molar-refractivity contribution in [2.45, 2.75) is 39.5 Å². The van der Waals surface area contributed by atoms with Gasteiger partial charge in [0.2, 0.25) is 0 Å². The van der Waals surface area contributed by atoms with E-state index >= 15 is 0 Å². The lowest BCUT2D eigenvalue weighted by molar-refractivity contribution is 0.112. The molecule has 0 radical (unpaired) electrons. The summed E-state index contributed by atoms with van der Waals surface area (Å²) >= 11 is 1.54. The lowest BCUT2D eigenvalue weighted by Crippen LogP contribution is -2.46. The molecule has 1 aliphatic heterocycles. The van der Waals surface area contributed by atoms with Gasteiger partial charge in [-0.15, -0.1) is 0 Å². The fourth-order valence-electron chi connectivity index (χ4n) is 2.55. The first-order valence-corrected chi connectivity index (χ1v) is 8.21. The number of piperazine rings is 1. The molecule has 5 heteroatoms. The van der Waals surface area contributed by atoms with Crippen LogP contribution in [0.25, 0.3) is 0 Å². The smallest absolute Gasteiger partial charge is 0.186 e. The number of hydrogen-bond donors (Lipinski definition) is 0. The lowest BCUT2D eigenvalue weighted by atomic mass is 9.91. The van der Waals surface area contributed by atoms with Crippen LogP contribution in [-0.2, 0) is 5.41 Å². The molecule has 1 saturated heterocycles. The Morgan fingerprint density at radius 2 is 1.90 bits per heavy atom. The largest absolute Gasteiger partial charge is 0.346 e. The molecule has 1 aromatic heterocycles. The minimum absolute atomic E-state index is 0.0744. The van der Waals surface area contributed by atoms with Gasteiger partial charge in [0.25, 0.3) is 0 Å². The Kier molecular flexibility index (Phi) is 4.81. The predicted molar refractivity (Wildman–Crippen MR) is 85.1 cm³/mol. The van der Waals surface area contributed by atoms with E-state index in [1.165, 1.54) is 24.3 Å². The molecule has 0 unspecified atom stereocenters. The molecule has 0 amide bonds. The van der Waals surface area contributed by atoms with Crippen molar-refractivity contribution in [3.05, 3.63) is 10.6 Å². The topological polar surface area (TPSA) is 36.4 Å². The molecule has 4 nitrogen and oxygen atoms in total. The first kappa shape index (κ1) is 15.4. The minimum atomic E-state index is -0.0744. The summed E-state index contributed by atoms with van der Waals surface area (Å²) in [5.74, 6) is 0. The third kappa shape index (κ3) is 3.38. The zero-order valence-corrected chi connectivity index (χ0v) is 13.8. The van der Waals surface area contributed by atoms with Crippen molar-refractivity contribution in [3.8, 4) is 0 Å². The van der Waals surface area contributed by atoms with Crippen molar-refractivity contribution in [2.75, 3.05) is 37.6 Å². The number of anilines is 1. The number of thiazole rings is 1. The number of aromatic nitrogens is 1. The van der Waals surface area contributed by atoms with E-state index in [4.69, 9.17) is 4.98 Å². The summed E-state index contributed by atoms with van der Waals surface area (Å²) in [6.07, 6.45) is 2.16. The third-order valence-corrected chi connectivity index (χ3v) is 4.68. The van der Waals surface area contributed by atoms with Gasteiger partial charge in [-0.2, -0.15) is 0 Å². The predicted octanol–water partition coefficient (Wildman–Crippen LogP) is 2.79. The van der Waals surface area contributed by atoms with Crippen LogP contribution in [0.4, 0.5) is 5.13 Å². The second kappa shape index (κ2) is 6.22. The van der Waals surface area contributed by atoms with Crippen LogP contribution in [0.2, 0.25) is 0 Å². The van der Waals surface area contributed by atoms with Gasteiger partial charge in [0.15, 0.2) is 11.4 Å². The fourth-order valence-corrected chi connectivity index (χ4v) is 3.69. The van der Waals surface area contributed by atoms with Crippen molar-refractivity contribution in [1.29, 1.82) is 0 Å². The fraction of sp³-hybridized carbons (Fsp3) is 0.733. The van der Waals surface area contributed by atoms with Crippen LogP contribution in [0.15, 0.2) is 0 Å². The lowest BCUT2D eigenvalue weighted by Gasteiger charge is -2.34. The molecule has 20 heavy (non-hydrogen) atoms. The monoisotopic (exact) mass is 295 g/mol. The van der Waals surface area contributed by atoms with E-state index in [1.54, 1.807) is 0 Å². The molecule has 0 saturated carbocycles. The number of carbonyl (C=O) groups excluding carboxylic acids is 1. The molecule has 0 spiro atoms. The Morgan fingerprint density at radius 1 is 1.25 bits per heavy atom. The molecule has 0 aromatic carbocycles. The molecule has 2 rings (SSSR count). The zero-order valence-electron chi connectivity index (χ0n) is 13.0. The van der Waals surface area contributed by atoms with Gasteiger partial charge in [-0.3, -0.25) is 9.69 Å². The minimum Gasteiger partial charge on any atom is -0.346 e. The van der Waals surface area contributed by atoms with Crippen LogP contribution in [0.3, 0.4) is 0 Å². The molecule has 0 N–H and O–H groups in total. The maximum absolute atomic E-state index is 11.3. The van der Waals surface area contributed by atoms with Crippen LogP contribution in [0.5, 0.6) is 0 Å². The van der Waals surface area contributed by atoms with E-state index in [-0.39, 0.29) is 5.41 Å². The molecule has 1 aliphatic rings. The summed E-state index contributed by atoms with van der Waals surface area (Å²) < 4.78 is 0. The highest BCUT2D eigenvalue weighted by molar-refractivity contribution is 7.17. The first-order chi connectivity index (χ1) is 9.45. The van der Waals surface area contributed by atoms with Gasteiger partial charge in [0.05, 0.1) is 10.6 Å². The molecule has 2 heterocycles. The summed E-state index contributed by atoms with van der Waals surface area (Å²) in [7, 11) is 0. The van der Waals surface area contributed by atoms with E-state index in [9.17, 15) is 4.79 Å². The maximum Gasteiger partial charge on any atom is 0.186 e. The van der Waals surface area contributed by atoms with Crippen molar-refractivity contribution in [1.82, 2.24) is 9.88 Å². The zero-order chi connectivity index (χ0) is 14.8. The second-order valence-corrected chi connectivity index (χ2v) is 7.41. The third-order valence-electron chi connectivity index (χ3n) is 3.64. The molecule has 0 aliphatic carbocycles. The van der Waals surface area contributed by atoms with Crippen molar-refractivity contribution >= 4 is 22.8 Å². The molecule has 0 bridgehead atoms. The Balaban J connectivity index is 2.11. The summed E-state index contributed by atoms with van der Waals surface area (Å²) in [4.78, 5) is 21.6. The highest BCUT2D eigenvalue weighted by Crippen LogP contribution is 2.33. The van der Waals surface area contributed by atoms with Gasteiger partial charge in [-0.1, -0.05) is 39.0 Å². The number of rotatable bonds is 4. The summed E-state index contributed by atoms with van der Waals surface area (Å²) in [6.45, 7) is 13.9. The average Bonchev–Trinajstić information content (AvgIpc) is 2.84. The van der Waals surface area contributed by atoms with Crippen molar-refractivity contribution < 1.29 is 4.79 Å². The van der Waals surface area contributed by atoms with E-state index in [0.717, 1.165) is 48.2 Å². The second-order valence-electron chi connectivity index (χ2n) is 6.41. The van der Waals surface area contributed by atoms with E-state index < -0.39 is 0 Å². The summed E-state index contributed by atoms with van der Waals surface area (Å²) in [6, 6.07) is 0. The summed E-state index contributed by atoms with van der Waals surface area (Å²) in [5.41, 5.74) is 0.859. The Bertz CT molecular complexity index is 456. The number of carbonyl (C=O) groups is 1. The van der Waals surface area contributed by atoms with Crippen LogP contribution < -0.4 is 4.90 Å². The van der Waals surface area contributed by atoms with Gasteiger partial charge in [-0.05, 0) is 13.0 Å². The van der Waals surface area contributed by atoms with E-state index in [1.807, 2.05) is 0 Å². The average molecular weight is 295 g/mol. The standard InChI is InChI=1S/C15H25N3OS/c1-5-6-17-7-9-18(10-8-17)14-16-13(15(2,3)4)12(11-19)20-14/h11H,5-10H2,1-4H3. The normalized spacial score (nSPS) is 17.5. The Labute approximate surface area is 125 Å². The van der Waals surface area contributed by atoms with Crippen LogP contribution >= 0.6 is 11.3 Å². The van der Waals surface area contributed by atoms with Gasteiger partial charge in [0.1, 0.15) is 0 Å². The Hall–Kier alpha value is -0.940. The molecular formula is C15H25N3OS. The van der Waals surface area contributed by atoms with Gasteiger partial charge >= 0.3 is 0 Å². The maximum atomic E-state index is 11.3. The first-order valence-electron chi connectivity index (χ1n) is 7.39. The van der Waals surface area contributed by atoms with E-state index in [2.05, 4.69) is 37.5 Å². The van der Waals surface area contributed by atoms with E-state index in [0.29, 0.717) is 0 Å². The van der Waals surface area contributed by atoms with Crippen LogP contribution in [0.1, 0.15) is 49.5 Å². The molecule has 112 valence electrons. The number of hydrogen-bond acceptors (Lipinski definition) is 5. The highest BCUT2D eigenvalue weighted by Gasteiger charge is 2.26. The van der Waals surface area contributed by atoms with Gasteiger partial charge in [-0.25, -0.2) is 4.98 Å². The van der Waals surface area contributed by atoms with Gasteiger partial charge < -0.3 is 4.90 Å².